The molecule has 5 nitrogen and oxygen atoms in total. The molecule has 0 aromatic heterocycles. The molecule has 136 valence electrons. The van der Waals surface area contributed by atoms with Crippen LogP contribution in [0.3, 0.4) is 0 Å². The number of carbonyl (C=O) groups excluding carboxylic acids is 2. The monoisotopic (exact) mass is 353 g/mol. The molecule has 0 radical (unpaired) electrons. The van der Waals surface area contributed by atoms with Crippen molar-refractivity contribution in [2.24, 2.45) is 0 Å². The molecule has 26 heavy (non-hydrogen) atoms. The summed E-state index contributed by atoms with van der Waals surface area (Å²) in [5.74, 6) is -0.113. The van der Waals surface area contributed by atoms with Crippen molar-refractivity contribution in [3.8, 4) is 5.75 Å². The van der Waals surface area contributed by atoms with Gasteiger partial charge in [-0.25, -0.2) is 0 Å². The highest BCUT2D eigenvalue weighted by Gasteiger charge is 2.36. The second-order valence-electron chi connectivity index (χ2n) is 7.51. The number of aliphatic hydroxyl groups is 1. The predicted molar refractivity (Wildman–Crippen MR) is 98.5 cm³/mol. The van der Waals surface area contributed by atoms with Crippen molar-refractivity contribution in [1.82, 2.24) is 4.90 Å². The molecule has 5 heteroatoms. The number of nitrogens with zero attached hydrogens (tertiary/aromatic N) is 1. The minimum absolute atomic E-state index is 0.00225. The van der Waals surface area contributed by atoms with Crippen molar-refractivity contribution in [3.05, 3.63) is 65.2 Å². The van der Waals surface area contributed by atoms with Gasteiger partial charge in [-0.15, -0.1) is 0 Å². The number of ether oxygens (including phenoxy) is 1. The molecule has 1 atom stereocenters. The minimum atomic E-state index is -0.959. The Balaban J connectivity index is 1.58. The van der Waals surface area contributed by atoms with Crippen LogP contribution in [0, 0.1) is 0 Å². The first-order chi connectivity index (χ1) is 12.3. The van der Waals surface area contributed by atoms with Gasteiger partial charge < -0.3 is 9.84 Å². The number of rotatable bonds is 5. The average molecular weight is 353 g/mol. The Kier molecular flexibility index (Phi) is 4.83. The van der Waals surface area contributed by atoms with Gasteiger partial charge in [0.25, 0.3) is 11.8 Å². The molecule has 0 spiro atoms. The molecule has 1 aliphatic heterocycles. The van der Waals surface area contributed by atoms with E-state index in [1.807, 2.05) is 24.3 Å². The molecule has 1 N–H and O–H groups in total. The van der Waals surface area contributed by atoms with E-state index in [0.29, 0.717) is 16.9 Å². The summed E-state index contributed by atoms with van der Waals surface area (Å²) in [6.07, 6.45) is -0.959. The largest absolute Gasteiger partial charge is 0.491 e. The average Bonchev–Trinajstić information content (AvgIpc) is 2.85. The summed E-state index contributed by atoms with van der Waals surface area (Å²) < 4.78 is 5.59. The molecule has 0 bridgehead atoms. The zero-order valence-electron chi connectivity index (χ0n) is 15.2. The van der Waals surface area contributed by atoms with Crippen molar-refractivity contribution >= 4 is 11.8 Å². The van der Waals surface area contributed by atoms with E-state index in [1.165, 1.54) is 5.56 Å². The van der Waals surface area contributed by atoms with E-state index in [-0.39, 0.29) is 30.4 Å². The number of β-amino-alcohol motifs (C(OH)–C–C–N with tert-alkyl or cyclic N) is 1. The maximum absolute atomic E-state index is 12.3. The third-order valence-electron chi connectivity index (χ3n) is 4.43. The molecule has 2 amide bonds. The number of aliphatic hydroxyl groups excluding tert-OH is 1. The summed E-state index contributed by atoms with van der Waals surface area (Å²) in [4.78, 5) is 25.7. The molecule has 0 unspecified atom stereocenters. The fourth-order valence-electron chi connectivity index (χ4n) is 2.91. The molecule has 0 aliphatic carbocycles. The molecule has 1 heterocycles. The number of hydrogen-bond donors (Lipinski definition) is 1. The maximum Gasteiger partial charge on any atom is 0.261 e. The SMILES string of the molecule is CC(C)(C)c1ccc(OC[C@H](O)CN2C(=O)c3ccccc3C2=O)cc1. The normalized spacial score (nSPS) is 15.2. The minimum Gasteiger partial charge on any atom is -0.491 e. The van der Waals surface area contributed by atoms with Crippen LogP contribution in [0.2, 0.25) is 0 Å². The van der Waals surface area contributed by atoms with E-state index in [0.717, 1.165) is 4.90 Å². The lowest BCUT2D eigenvalue weighted by molar-refractivity contribution is 0.0457. The summed E-state index contributed by atoms with van der Waals surface area (Å²) in [5.41, 5.74) is 2.01. The molecule has 0 saturated heterocycles. The highest BCUT2D eigenvalue weighted by Crippen LogP contribution is 2.25. The zero-order chi connectivity index (χ0) is 18.9. The van der Waals surface area contributed by atoms with Crippen LogP contribution in [0.1, 0.15) is 47.1 Å². The van der Waals surface area contributed by atoms with Gasteiger partial charge in [0.15, 0.2) is 0 Å². The van der Waals surface area contributed by atoms with Crippen LogP contribution in [0.25, 0.3) is 0 Å². The highest BCUT2D eigenvalue weighted by atomic mass is 16.5. The maximum atomic E-state index is 12.3. The molecular formula is C21H23NO4. The van der Waals surface area contributed by atoms with E-state index in [2.05, 4.69) is 20.8 Å². The lowest BCUT2D eigenvalue weighted by Crippen LogP contribution is -2.39. The van der Waals surface area contributed by atoms with Crippen LogP contribution in [-0.4, -0.2) is 41.1 Å². The van der Waals surface area contributed by atoms with Gasteiger partial charge in [-0.1, -0.05) is 45.0 Å². The number of imide groups is 1. The fraction of sp³-hybridized carbons (Fsp3) is 0.333. The third kappa shape index (κ3) is 3.63. The standard InChI is InChI=1S/C21H23NO4/c1-21(2,3)14-8-10-16(11-9-14)26-13-15(23)12-22-19(24)17-6-4-5-7-18(17)20(22)25/h4-11,15,23H,12-13H2,1-3H3/t15-/m1/s1. The van der Waals surface area contributed by atoms with Gasteiger partial charge in [-0.2, -0.15) is 0 Å². The van der Waals surface area contributed by atoms with Crippen molar-refractivity contribution in [1.29, 1.82) is 0 Å². The Hall–Kier alpha value is -2.66. The van der Waals surface area contributed by atoms with Crippen molar-refractivity contribution < 1.29 is 19.4 Å². The molecule has 3 rings (SSSR count). The summed E-state index contributed by atoms with van der Waals surface area (Å²) in [6, 6.07) is 14.4. The molecule has 2 aromatic rings. The Labute approximate surface area is 153 Å². The summed E-state index contributed by atoms with van der Waals surface area (Å²) in [6.45, 7) is 6.31. The number of fused-ring (bicyclic) bond motifs is 1. The first-order valence-electron chi connectivity index (χ1n) is 8.64. The quantitative estimate of drug-likeness (QED) is 0.839. The van der Waals surface area contributed by atoms with Crippen molar-refractivity contribution in [2.75, 3.05) is 13.2 Å². The van der Waals surface area contributed by atoms with Gasteiger partial charge in [0.05, 0.1) is 17.7 Å². The molecular weight excluding hydrogens is 330 g/mol. The second kappa shape index (κ2) is 6.92. The van der Waals surface area contributed by atoms with E-state index in [9.17, 15) is 14.7 Å². The smallest absolute Gasteiger partial charge is 0.261 e. The first kappa shape index (κ1) is 18.1. The Morgan fingerprint density at radius 3 is 2.00 bits per heavy atom. The zero-order valence-corrected chi connectivity index (χ0v) is 15.2. The van der Waals surface area contributed by atoms with Crippen LogP contribution in [0.15, 0.2) is 48.5 Å². The van der Waals surface area contributed by atoms with E-state index >= 15 is 0 Å². The molecule has 1 aliphatic rings. The highest BCUT2D eigenvalue weighted by molar-refractivity contribution is 6.21. The van der Waals surface area contributed by atoms with E-state index in [1.54, 1.807) is 24.3 Å². The van der Waals surface area contributed by atoms with Crippen LogP contribution >= 0.6 is 0 Å². The van der Waals surface area contributed by atoms with Crippen LogP contribution in [0.5, 0.6) is 5.75 Å². The molecule has 2 aromatic carbocycles. The summed E-state index contributed by atoms with van der Waals surface area (Å²) in [7, 11) is 0. The fourth-order valence-corrected chi connectivity index (χ4v) is 2.91. The van der Waals surface area contributed by atoms with Crippen LogP contribution < -0.4 is 4.74 Å². The first-order valence-corrected chi connectivity index (χ1v) is 8.64. The molecule has 0 fully saturated rings. The number of carbonyl (C=O) groups is 2. The number of benzene rings is 2. The third-order valence-corrected chi connectivity index (χ3v) is 4.43. The number of hydrogen-bond acceptors (Lipinski definition) is 4. The van der Waals surface area contributed by atoms with Crippen LogP contribution in [-0.2, 0) is 5.41 Å². The Morgan fingerprint density at radius 1 is 0.962 bits per heavy atom. The van der Waals surface area contributed by atoms with E-state index < -0.39 is 6.10 Å². The Bertz CT molecular complexity index is 786. The lowest BCUT2D eigenvalue weighted by Gasteiger charge is -2.20. The lowest BCUT2D eigenvalue weighted by atomic mass is 9.87. The summed E-state index contributed by atoms with van der Waals surface area (Å²) in [5, 5.41) is 10.2. The van der Waals surface area contributed by atoms with Gasteiger partial charge >= 0.3 is 0 Å². The van der Waals surface area contributed by atoms with Gasteiger partial charge in [-0.05, 0) is 35.2 Å². The second-order valence-corrected chi connectivity index (χ2v) is 7.51. The van der Waals surface area contributed by atoms with E-state index in [4.69, 9.17) is 4.74 Å². The number of amides is 2. The summed E-state index contributed by atoms with van der Waals surface area (Å²) >= 11 is 0. The van der Waals surface area contributed by atoms with Gasteiger partial charge in [-0.3, -0.25) is 14.5 Å². The Morgan fingerprint density at radius 2 is 1.50 bits per heavy atom. The van der Waals surface area contributed by atoms with Gasteiger partial charge in [0, 0.05) is 0 Å². The van der Waals surface area contributed by atoms with Gasteiger partial charge in [0.1, 0.15) is 18.5 Å². The molecule has 0 saturated carbocycles. The van der Waals surface area contributed by atoms with Crippen molar-refractivity contribution in [2.45, 2.75) is 32.3 Å². The topological polar surface area (TPSA) is 66.8 Å². The van der Waals surface area contributed by atoms with Crippen molar-refractivity contribution in [3.63, 3.8) is 0 Å². The van der Waals surface area contributed by atoms with Gasteiger partial charge in [0.2, 0.25) is 0 Å². The predicted octanol–water partition coefficient (Wildman–Crippen LogP) is 3.02. The van der Waals surface area contributed by atoms with Crippen LogP contribution in [0.4, 0.5) is 0 Å².